The molecule has 0 fully saturated rings. The Morgan fingerprint density at radius 1 is 1.13 bits per heavy atom. The van der Waals surface area contributed by atoms with Gasteiger partial charge in [0.25, 0.3) is 11.8 Å². The van der Waals surface area contributed by atoms with Crippen LogP contribution in [0.3, 0.4) is 0 Å². The molecule has 0 radical (unpaired) electrons. The molecule has 0 aliphatic rings. The van der Waals surface area contributed by atoms with E-state index in [1.807, 2.05) is 26.0 Å². The van der Waals surface area contributed by atoms with Crippen LogP contribution in [-0.4, -0.2) is 29.6 Å². The first-order valence-electron chi connectivity index (χ1n) is 9.45. The predicted octanol–water partition coefficient (Wildman–Crippen LogP) is 4.24. The smallest absolute Gasteiger partial charge is 0.272 e. The Morgan fingerprint density at radius 2 is 1.87 bits per heavy atom. The molecule has 0 spiro atoms. The summed E-state index contributed by atoms with van der Waals surface area (Å²) in [5, 5.41) is 6.76. The summed E-state index contributed by atoms with van der Waals surface area (Å²) >= 11 is 3.46. The number of hydrazone groups is 1. The minimum Gasteiger partial charge on any atom is -0.484 e. The Kier molecular flexibility index (Phi) is 7.50. The van der Waals surface area contributed by atoms with Gasteiger partial charge in [0.15, 0.2) is 6.61 Å². The van der Waals surface area contributed by atoms with E-state index in [0.717, 1.165) is 21.2 Å². The number of halogens is 1. The third-order valence-corrected chi connectivity index (χ3v) is 5.07. The minimum atomic E-state index is -0.342. The molecular weight excluding hydrogens is 460 g/mol. The van der Waals surface area contributed by atoms with Crippen LogP contribution < -0.4 is 15.5 Å². The molecule has 158 valence electrons. The van der Waals surface area contributed by atoms with Crippen LogP contribution in [0.4, 0.5) is 5.69 Å². The molecule has 2 amide bonds. The van der Waals surface area contributed by atoms with Crippen LogP contribution in [0.15, 0.2) is 70.5 Å². The van der Waals surface area contributed by atoms with E-state index in [0.29, 0.717) is 17.0 Å². The number of aryl methyl sites for hydroxylation is 2. The summed E-state index contributed by atoms with van der Waals surface area (Å²) in [6, 6.07) is 14.2. The van der Waals surface area contributed by atoms with Crippen molar-refractivity contribution in [3.63, 3.8) is 0 Å². The molecule has 3 rings (SSSR count). The van der Waals surface area contributed by atoms with E-state index in [2.05, 4.69) is 36.8 Å². The van der Waals surface area contributed by atoms with Crippen molar-refractivity contribution < 1.29 is 14.3 Å². The molecule has 1 heterocycles. The number of carbonyl (C=O) groups excluding carboxylic acids is 2. The van der Waals surface area contributed by atoms with Crippen molar-refractivity contribution >= 4 is 39.6 Å². The number of nitrogens with zero attached hydrogens (tertiary/aromatic N) is 2. The van der Waals surface area contributed by atoms with E-state index in [1.54, 1.807) is 42.6 Å². The Morgan fingerprint density at radius 3 is 2.58 bits per heavy atom. The number of pyridine rings is 1. The lowest BCUT2D eigenvalue weighted by Crippen LogP contribution is -2.20. The highest BCUT2D eigenvalue weighted by molar-refractivity contribution is 9.10. The highest BCUT2D eigenvalue weighted by Gasteiger charge is 2.08. The van der Waals surface area contributed by atoms with Crippen molar-refractivity contribution in [3.8, 4) is 5.75 Å². The molecule has 0 atom stereocenters. The molecule has 0 saturated carbocycles. The number of carbonyl (C=O) groups is 2. The molecule has 0 unspecified atom stereocenters. The van der Waals surface area contributed by atoms with Gasteiger partial charge in [-0.3, -0.25) is 14.6 Å². The Bertz CT molecular complexity index is 1100. The minimum absolute atomic E-state index is 0.117. The number of ether oxygens (including phenoxy) is 1. The maximum atomic E-state index is 12.2. The number of anilines is 1. The first-order chi connectivity index (χ1) is 14.9. The molecule has 0 aliphatic heterocycles. The van der Waals surface area contributed by atoms with Gasteiger partial charge in [-0.25, -0.2) is 5.43 Å². The average molecular weight is 481 g/mol. The fourth-order valence-electron chi connectivity index (χ4n) is 2.59. The van der Waals surface area contributed by atoms with Crippen LogP contribution in [0.5, 0.6) is 5.75 Å². The zero-order chi connectivity index (χ0) is 22.2. The monoisotopic (exact) mass is 480 g/mol. The largest absolute Gasteiger partial charge is 0.484 e. The molecule has 3 aromatic rings. The summed E-state index contributed by atoms with van der Waals surface area (Å²) in [6.45, 7) is 3.88. The summed E-state index contributed by atoms with van der Waals surface area (Å²) in [5.41, 5.74) is 6.57. The standard InChI is InChI=1S/C23H21BrN4O3/c1-15-10-20(24)21(11-16(15)2)27-22(29)14-31-19-7-5-17(6-8-19)12-26-28-23(30)18-4-3-9-25-13-18/h3-13H,14H2,1-2H3,(H,27,29)(H,28,30)/b26-12-. The van der Waals surface area contributed by atoms with Crippen molar-refractivity contribution in [2.75, 3.05) is 11.9 Å². The van der Waals surface area contributed by atoms with Crippen molar-refractivity contribution in [1.29, 1.82) is 0 Å². The second-order valence-electron chi connectivity index (χ2n) is 6.76. The second-order valence-corrected chi connectivity index (χ2v) is 7.62. The first kappa shape index (κ1) is 22.2. The molecule has 0 saturated heterocycles. The third kappa shape index (κ3) is 6.48. The fraction of sp³-hybridized carbons (Fsp3) is 0.130. The summed E-state index contributed by atoms with van der Waals surface area (Å²) < 4.78 is 6.36. The topological polar surface area (TPSA) is 92.7 Å². The van der Waals surface area contributed by atoms with E-state index in [4.69, 9.17) is 4.74 Å². The van der Waals surface area contributed by atoms with E-state index in [1.165, 1.54) is 12.4 Å². The average Bonchev–Trinajstić information content (AvgIpc) is 2.77. The maximum absolute atomic E-state index is 12.2. The van der Waals surface area contributed by atoms with Crippen LogP contribution in [0, 0.1) is 13.8 Å². The molecule has 0 aliphatic carbocycles. The first-order valence-corrected chi connectivity index (χ1v) is 10.2. The molecular formula is C23H21BrN4O3. The molecule has 0 bridgehead atoms. The van der Waals surface area contributed by atoms with Gasteiger partial charge >= 0.3 is 0 Å². The lowest BCUT2D eigenvalue weighted by molar-refractivity contribution is -0.118. The zero-order valence-corrected chi connectivity index (χ0v) is 18.6. The zero-order valence-electron chi connectivity index (χ0n) is 17.1. The van der Waals surface area contributed by atoms with Gasteiger partial charge in [0, 0.05) is 16.9 Å². The molecule has 2 N–H and O–H groups in total. The quantitative estimate of drug-likeness (QED) is 0.390. The molecule has 31 heavy (non-hydrogen) atoms. The van der Waals surface area contributed by atoms with Crippen molar-refractivity contribution in [1.82, 2.24) is 10.4 Å². The van der Waals surface area contributed by atoms with Crippen LogP contribution in [0.2, 0.25) is 0 Å². The van der Waals surface area contributed by atoms with Gasteiger partial charge in [0.05, 0.1) is 17.5 Å². The Labute approximate surface area is 188 Å². The SMILES string of the molecule is Cc1cc(Br)c(NC(=O)COc2ccc(/C=N\NC(=O)c3cccnc3)cc2)cc1C. The number of nitrogens with one attached hydrogen (secondary N) is 2. The number of aromatic nitrogens is 1. The van der Waals surface area contributed by atoms with Crippen molar-refractivity contribution in [2.24, 2.45) is 5.10 Å². The lowest BCUT2D eigenvalue weighted by atomic mass is 10.1. The highest BCUT2D eigenvalue weighted by Crippen LogP contribution is 2.26. The summed E-state index contributed by atoms with van der Waals surface area (Å²) in [7, 11) is 0. The van der Waals surface area contributed by atoms with Crippen LogP contribution in [0.1, 0.15) is 27.0 Å². The molecule has 7 nitrogen and oxygen atoms in total. The van der Waals surface area contributed by atoms with Gasteiger partial charge in [0.2, 0.25) is 0 Å². The highest BCUT2D eigenvalue weighted by atomic mass is 79.9. The third-order valence-electron chi connectivity index (χ3n) is 4.41. The van der Waals surface area contributed by atoms with Gasteiger partial charge in [-0.05, 0) is 95.0 Å². The van der Waals surface area contributed by atoms with Crippen molar-refractivity contribution in [2.45, 2.75) is 13.8 Å². The van der Waals surface area contributed by atoms with Crippen LogP contribution >= 0.6 is 15.9 Å². The number of hydrogen-bond donors (Lipinski definition) is 2. The molecule has 8 heteroatoms. The summed E-state index contributed by atoms with van der Waals surface area (Å²) in [6.07, 6.45) is 4.57. The van der Waals surface area contributed by atoms with Gasteiger partial charge in [-0.15, -0.1) is 0 Å². The van der Waals surface area contributed by atoms with Crippen LogP contribution in [-0.2, 0) is 4.79 Å². The Hall–Kier alpha value is -3.52. The molecule has 1 aromatic heterocycles. The van der Waals surface area contributed by atoms with Crippen LogP contribution in [0.25, 0.3) is 0 Å². The number of amides is 2. The van der Waals surface area contributed by atoms with Gasteiger partial charge in [0.1, 0.15) is 5.75 Å². The molecule has 2 aromatic carbocycles. The number of benzene rings is 2. The van der Waals surface area contributed by atoms with Crippen molar-refractivity contribution in [3.05, 3.63) is 87.7 Å². The Balaban J connectivity index is 1.48. The second kappa shape index (κ2) is 10.5. The van der Waals surface area contributed by atoms with Gasteiger partial charge in [-0.1, -0.05) is 0 Å². The van der Waals surface area contributed by atoms with E-state index >= 15 is 0 Å². The number of rotatable bonds is 7. The lowest BCUT2D eigenvalue weighted by Gasteiger charge is -2.11. The number of hydrogen-bond acceptors (Lipinski definition) is 5. The van der Waals surface area contributed by atoms with E-state index < -0.39 is 0 Å². The van der Waals surface area contributed by atoms with Gasteiger partial charge < -0.3 is 10.1 Å². The summed E-state index contributed by atoms with van der Waals surface area (Å²) in [4.78, 5) is 28.0. The van der Waals surface area contributed by atoms with E-state index in [-0.39, 0.29) is 18.4 Å². The fourth-order valence-corrected chi connectivity index (χ4v) is 3.15. The predicted molar refractivity (Wildman–Crippen MR) is 123 cm³/mol. The summed E-state index contributed by atoms with van der Waals surface area (Å²) in [5.74, 6) is -0.0516. The normalized spacial score (nSPS) is 10.7. The maximum Gasteiger partial charge on any atom is 0.272 e. The van der Waals surface area contributed by atoms with E-state index in [9.17, 15) is 9.59 Å². The van der Waals surface area contributed by atoms with Gasteiger partial charge in [-0.2, -0.15) is 5.10 Å².